The van der Waals surface area contributed by atoms with Crippen LogP contribution in [-0.4, -0.2) is 13.1 Å². The molecule has 0 radical (unpaired) electrons. The van der Waals surface area contributed by atoms with Crippen LogP contribution in [0.5, 0.6) is 0 Å². The highest BCUT2D eigenvalue weighted by Gasteiger charge is 2.16. The van der Waals surface area contributed by atoms with Crippen LogP contribution in [0, 0.1) is 0 Å². The van der Waals surface area contributed by atoms with Gasteiger partial charge in [0.1, 0.15) is 0 Å². The third-order valence-corrected chi connectivity index (χ3v) is 4.39. The molecule has 1 atom stereocenters. The Labute approximate surface area is 124 Å². The van der Waals surface area contributed by atoms with Crippen molar-refractivity contribution < 1.29 is 9.53 Å². The van der Waals surface area contributed by atoms with Gasteiger partial charge in [0.25, 0.3) is 0 Å². The molecular weight excluding hydrogens is 268 g/mol. The lowest BCUT2D eigenvalue weighted by molar-refractivity contribution is -0.140. The summed E-state index contributed by atoms with van der Waals surface area (Å²) in [5.41, 5.74) is 2.43. The van der Waals surface area contributed by atoms with Crippen molar-refractivity contribution >= 4 is 17.7 Å². The van der Waals surface area contributed by atoms with Gasteiger partial charge in [0.05, 0.1) is 13.5 Å². The van der Waals surface area contributed by atoms with Gasteiger partial charge in [-0.25, -0.2) is 0 Å². The third kappa shape index (κ3) is 4.42. The molecule has 20 heavy (non-hydrogen) atoms. The van der Waals surface area contributed by atoms with Crippen molar-refractivity contribution in [1.82, 2.24) is 0 Å². The lowest BCUT2D eigenvalue weighted by atomic mass is 10.1. The van der Waals surface area contributed by atoms with Crippen LogP contribution in [0.25, 0.3) is 0 Å². The number of thioether (sulfide) groups is 1. The zero-order valence-electron chi connectivity index (χ0n) is 11.5. The van der Waals surface area contributed by atoms with E-state index in [-0.39, 0.29) is 11.2 Å². The molecule has 104 valence electrons. The number of ether oxygens (including phenoxy) is 1. The largest absolute Gasteiger partial charge is 0.469 e. The van der Waals surface area contributed by atoms with Gasteiger partial charge in [0.15, 0.2) is 0 Å². The lowest BCUT2D eigenvalue weighted by Crippen LogP contribution is -2.06. The average Bonchev–Trinajstić information content (AvgIpc) is 2.53. The van der Waals surface area contributed by atoms with Crippen LogP contribution in [0.3, 0.4) is 0 Å². The number of carbonyl (C=O) groups is 1. The van der Waals surface area contributed by atoms with E-state index in [1.165, 1.54) is 18.2 Å². The number of methoxy groups -OCH3 is 1. The van der Waals surface area contributed by atoms with Crippen molar-refractivity contribution in [2.24, 2.45) is 0 Å². The van der Waals surface area contributed by atoms with E-state index in [1.54, 1.807) is 11.8 Å². The molecule has 0 aliphatic rings. The number of benzene rings is 2. The van der Waals surface area contributed by atoms with E-state index in [1.807, 2.05) is 36.4 Å². The summed E-state index contributed by atoms with van der Waals surface area (Å²) >= 11 is 1.77. The summed E-state index contributed by atoms with van der Waals surface area (Å²) in [6.07, 6.45) is 0.401. The van der Waals surface area contributed by atoms with Gasteiger partial charge >= 0.3 is 5.97 Å². The van der Waals surface area contributed by atoms with E-state index in [2.05, 4.69) is 24.3 Å². The molecule has 0 spiro atoms. The SMILES string of the molecule is COC(=O)CC(SCc1ccccc1)c1ccccc1. The number of hydrogen-bond donors (Lipinski definition) is 0. The quantitative estimate of drug-likeness (QED) is 0.744. The first-order chi connectivity index (χ1) is 9.79. The molecule has 0 aromatic heterocycles. The maximum atomic E-state index is 11.6. The maximum Gasteiger partial charge on any atom is 0.306 e. The topological polar surface area (TPSA) is 26.3 Å². The summed E-state index contributed by atoms with van der Waals surface area (Å²) in [6.45, 7) is 0. The van der Waals surface area contributed by atoms with Crippen molar-refractivity contribution in [2.75, 3.05) is 7.11 Å². The van der Waals surface area contributed by atoms with Crippen LogP contribution >= 0.6 is 11.8 Å². The number of hydrogen-bond acceptors (Lipinski definition) is 3. The van der Waals surface area contributed by atoms with E-state index < -0.39 is 0 Å². The molecule has 3 heteroatoms. The molecule has 0 bridgehead atoms. The van der Waals surface area contributed by atoms with Crippen molar-refractivity contribution in [3.8, 4) is 0 Å². The van der Waals surface area contributed by atoms with Gasteiger partial charge in [0, 0.05) is 11.0 Å². The maximum absolute atomic E-state index is 11.6. The van der Waals surface area contributed by atoms with Gasteiger partial charge in [-0.2, -0.15) is 0 Å². The first kappa shape index (κ1) is 14.7. The van der Waals surface area contributed by atoms with E-state index in [0.29, 0.717) is 6.42 Å². The minimum absolute atomic E-state index is 0.129. The number of carbonyl (C=O) groups excluding carboxylic acids is 1. The van der Waals surface area contributed by atoms with Gasteiger partial charge in [-0.05, 0) is 11.1 Å². The Hall–Kier alpha value is -1.74. The molecule has 0 N–H and O–H groups in total. The smallest absolute Gasteiger partial charge is 0.306 e. The van der Waals surface area contributed by atoms with E-state index in [0.717, 1.165) is 5.75 Å². The van der Waals surface area contributed by atoms with Gasteiger partial charge in [-0.3, -0.25) is 4.79 Å². The predicted octanol–water partition coefficient (Wildman–Crippen LogP) is 4.22. The Balaban J connectivity index is 2.05. The van der Waals surface area contributed by atoms with Crippen molar-refractivity contribution in [3.05, 3.63) is 71.8 Å². The molecule has 0 aliphatic heterocycles. The van der Waals surface area contributed by atoms with Crippen LogP contribution in [0.2, 0.25) is 0 Å². The second kappa shape index (κ2) is 7.75. The average molecular weight is 286 g/mol. The normalized spacial score (nSPS) is 11.8. The molecule has 0 heterocycles. The summed E-state index contributed by atoms with van der Waals surface area (Å²) in [4.78, 5) is 11.6. The Bertz CT molecular complexity index is 525. The molecule has 0 saturated heterocycles. The molecule has 0 fully saturated rings. The Morgan fingerprint density at radius 3 is 2.25 bits per heavy atom. The van der Waals surface area contributed by atoms with Gasteiger partial charge in [-0.15, -0.1) is 11.8 Å². The molecule has 1 unspecified atom stereocenters. The number of esters is 1. The van der Waals surface area contributed by atoms with E-state index in [9.17, 15) is 4.79 Å². The summed E-state index contributed by atoms with van der Waals surface area (Å²) in [6, 6.07) is 20.4. The lowest BCUT2D eigenvalue weighted by Gasteiger charge is -2.16. The Morgan fingerprint density at radius 2 is 1.65 bits per heavy atom. The van der Waals surface area contributed by atoms with Crippen molar-refractivity contribution in [1.29, 1.82) is 0 Å². The summed E-state index contributed by atoms with van der Waals surface area (Å²) < 4.78 is 4.80. The Morgan fingerprint density at radius 1 is 1.05 bits per heavy atom. The highest BCUT2D eigenvalue weighted by atomic mass is 32.2. The van der Waals surface area contributed by atoms with E-state index >= 15 is 0 Å². The fourth-order valence-corrected chi connectivity index (χ4v) is 3.14. The standard InChI is InChI=1S/C17H18O2S/c1-19-17(18)12-16(15-10-6-3-7-11-15)20-13-14-8-4-2-5-9-14/h2-11,16H,12-13H2,1H3. The molecule has 2 nitrogen and oxygen atoms in total. The minimum atomic E-state index is -0.167. The summed E-state index contributed by atoms with van der Waals surface area (Å²) in [5, 5.41) is 0.129. The highest BCUT2D eigenvalue weighted by molar-refractivity contribution is 7.98. The summed E-state index contributed by atoms with van der Waals surface area (Å²) in [7, 11) is 1.44. The van der Waals surface area contributed by atoms with Gasteiger partial charge in [-0.1, -0.05) is 60.7 Å². The zero-order valence-corrected chi connectivity index (χ0v) is 12.3. The predicted molar refractivity (Wildman–Crippen MR) is 83.6 cm³/mol. The van der Waals surface area contributed by atoms with Gasteiger partial charge in [0.2, 0.25) is 0 Å². The van der Waals surface area contributed by atoms with Crippen LogP contribution < -0.4 is 0 Å². The van der Waals surface area contributed by atoms with Crippen LogP contribution in [0.15, 0.2) is 60.7 Å². The molecule has 0 saturated carbocycles. The molecule has 2 aromatic rings. The first-order valence-electron chi connectivity index (χ1n) is 6.57. The number of rotatable bonds is 6. The van der Waals surface area contributed by atoms with Crippen LogP contribution in [0.4, 0.5) is 0 Å². The fourth-order valence-electron chi connectivity index (χ4n) is 1.95. The first-order valence-corrected chi connectivity index (χ1v) is 7.62. The van der Waals surface area contributed by atoms with Crippen LogP contribution in [0.1, 0.15) is 22.8 Å². The van der Waals surface area contributed by atoms with Crippen molar-refractivity contribution in [2.45, 2.75) is 17.4 Å². The molecule has 0 aliphatic carbocycles. The summed E-state index contributed by atoms with van der Waals surface area (Å²) in [5.74, 6) is 0.719. The Kier molecular flexibility index (Phi) is 5.69. The molecule has 2 aromatic carbocycles. The molecular formula is C17H18O2S. The zero-order chi connectivity index (χ0) is 14.2. The van der Waals surface area contributed by atoms with Crippen molar-refractivity contribution in [3.63, 3.8) is 0 Å². The molecule has 2 rings (SSSR count). The minimum Gasteiger partial charge on any atom is -0.469 e. The second-order valence-electron chi connectivity index (χ2n) is 4.48. The molecule has 0 amide bonds. The van der Waals surface area contributed by atoms with Gasteiger partial charge < -0.3 is 4.74 Å². The fraction of sp³-hybridized carbons (Fsp3) is 0.235. The monoisotopic (exact) mass is 286 g/mol. The van der Waals surface area contributed by atoms with E-state index in [4.69, 9.17) is 4.74 Å². The third-order valence-electron chi connectivity index (χ3n) is 3.05. The second-order valence-corrected chi connectivity index (χ2v) is 5.67. The highest BCUT2D eigenvalue weighted by Crippen LogP contribution is 2.34. The van der Waals surface area contributed by atoms with Crippen LogP contribution in [-0.2, 0) is 15.3 Å².